The number of nitrogens with two attached hydrogens (primary N) is 2. The van der Waals surface area contributed by atoms with Crippen molar-refractivity contribution in [3.8, 4) is 0 Å². The zero-order valence-corrected chi connectivity index (χ0v) is 16.2. The van der Waals surface area contributed by atoms with Gasteiger partial charge in [0, 0.05) is 10.5 Å². The summed E-state index contributed by atoms with van der Waals surface area (Å²) in [5.41, 5.74) is 9.84. The van der Waals surface area contributed by atoms with E-state index in [0.29, 0.717) is 11.8 Å². The minimum Gasteiger partial charge on any atom is -0.481 e. The van der Waals surface area contributed by atoms with E-state index in [1.807, 2.05) is 0 Å². The van der Waals surface area contributed by atoms with Gasteiger partial charge in [0.1, 0.15) is 0 Å². The molecule has 0 aromatic heterocycles. The van der Waals surface area contributed by atoms with Gasteiger partial charge in [-0.3, -0.25) is 9.59 Å². The quantitative estimate of drug-likeness (QED) is 0.426. The Kier molecular flexibility index (Phi) is 7.46. The van der Waals surface area contributed by atoms with Crippen molar-refractivity contribution in [3.63, 3.8) is 0 Å². The minimum atomic E-state index is -1.95. The number of Topliss-reactive ketones (excluding diaryl/α,β-unsaturated/α-hetero) is 1. The van der Waals surface area contributed by atoms with Gasteiger partial charge in [0.2, 0.25) is 0 Å². The number of methoxy groups -OCH3 is 1. The fourth-order valence-electron chi connectivity index (χ4n) is 3.37. The van der Waals surface area contributed by atoms with Gasteiger partial charge in [-0.05, 0) is 31.6 Å². The number of ether oxygens (including phenoxy) is 1. The Bertz CT molecular complexity index is 517. The highest BCUT2D eigenvalue weighted by Gasteiger charge is 2.49. The molecule has 8 heteroatoms. The number of carboxylic acids is 1. The lowest BCUT2D eigenvalue weighted by Crippen LogP contribution is -2.63. The van der Waals surface area contributed by atoms with Gasteiger partial charge in [0.25, 0.3) is 0 Å². The van der Waals surface area contributed by atoms with Gasteiger partial charge in [-0.15, -0.1) is 0 Å². The van der Waals surface area contributed by atoms with Crippen molar-refractivity contribution < 1.29 is 24.2 Å². The highest BCUT2D eigenvalue weighted by molar-refractivity contribution is 8.00. The van der Waals surface area contributed by atoms with Gasteiger partial charge >= 0.3 is 11.9 Å². The van der Waals surface area contributed by atoms with Crippen LogP contribution in [-0.4, -0.2) is 52.0 Å². The lowest BCUT2D eigenvalue weighted by atomic mass is 9.74. The van der Waals surface area contributed by atoms with Crippen LogP contribution < -0.4 is 11.5 Å². The summed E-state index contributed by atoms with van der Waals surface area (Å²) < 4.78 is 4.59. The first-order valence-corrected chi connectivity index (χ1v) is 9.50. The van der Waals surface area contributed by atoms with E-state index in [2.05, 4.69) is 20.8 Å². The van der Waals surface area contributed by atoms with Crippen LogP contribution in [0.15, 0.2) is 0 Å². The van der Waals surface area contributed by atoms with E-state index in [0.717, 1.165) is 26.4 Å². The summed E-state index contributed by atoms with van der Waals surface area (Å²) in [5, 5.41) is 8.84. The number of thioether (sulfide) groups is 1. The zero-order chi connectivity index (χ0) is 19.4. The molecule has 0 heterocycles. The van der Waals surface area contributed by atoms with Crippen LogP contribution in [0.2, 0.25) is 0 Å². The molecule has 4 atom stereocenters. The molecule has 0 amide bonds. The predicted molar refractivity (Wildman–Crippen MR) is 97.2 cm³/mol. The molecule has 0 aliphatic heterocycles. The molecular formula is C17H30N2O5S. The Labute approximate surface area is 153 Å². The second-order valence-corrected chi connectivity index (χ2v) is 8.69. The van der Waals surface area contributed by atoms with Crippen molar-refractivity contribution >= 4 is 29.5 Å². The Morgan fingerprint density at radius 1 is 1.32 bits per heavy atom. The van der Waals surface area contributed by atoms with Gasteiger partial charge in [-0.2, -0.15) is 11.8 Å². The number of carbonyl (C=O) groups is 3. The summed E-state index contributed by atoms with van der Waals surface area (Å²) in [6.45, 7) is 6.46. The molecule has 1 aliphatic rings. The van der Waals surface area contributed by atoms with Crippen LogP contribution in [0.1, 0.15) is 46.5 Å². The van der Waals surface area contributed by atoms with E-state index in [1.54, 1.807) is 0 Å². The highest BCUT2D eigenvalue weighted by Crippen LogP contribution is 2.48. The summed E-state index contributed by atoms with van der Waals surface area (Å²) in [5.74, 6) is -2.07. The largest absolute Gasteiger partial charge is 0.481 e. The van der Waals surface area contributed by atoms with Crippen molar-refractivity contribution in [1.29, 1.82) is 0 Å². The summed E-state index contributed by atoms with van der Waals surface area (Å²) >= 11 is 1.48. The topological polar surface area (TPSA) is 133 Å². The van der Waals surface area contributed by atoms with Crippen molar-refractivity contribution in [2.45, 2.75) is 62.8 Å². The van der Waals surface area contributed by atoms with Gasteiger partial charge in [-0.25, -0.2) is 4.79 Å². The van der Waals surface area contributed by atoms with Gasteiger partial charge < -0.3 is 21.3 Å². The molecule has 0 bridgehead atoms. The molecule has 1 aliphatic carbocycles. The number of aliphatic carboxylic acids is 1. The number of hydrogen-bond acceptors (Lipinski definition) is 7. The second kappa shape index (κ2) is 8.51. The van der Waals surface area contributed by atoms with Crippen molar-refractivity contribution in [2.24, 2.45) is 23.3 Å². The first-order chi connectivity index (χ1) is 11.5. The van der Waals surface area contributed by atoms with Crippen LogP contribution in [0.4, 0.5) is 0 Å². The number of carboxylic acid groups (broad SMARTS) is 1. The number of hydrogen-bond donors (Lipinski definition) is 3. The van der Waals surface area contributed by atoms with E-state index in [4.69, 9.17) is 21.3 Å². The zero-order valence-electron chi connectivity index (χ0n) is 15.4. The Balaban J connectivity index is 3.01. The average molecular weight is 375 g/mol. The minimum absolute atomic E-state index is 0.0109. The Hall–Kier alpha value is -1.12. The van der Waals surface area contributed by atoms with Crippen molar-refractivity contribution in [3.05, 3.63) is 0 Å². The summed E-state index contributed by atoms with van der Waals surface area (Å²) in [4.78, 5) is 35.7. The standard InChI is InChI=1S/C17H30N2O5S/c1-10-6-5-7-11(2)16(10,3)25-9-17(19,15(23)24-4)14(22)12(18)8-13(20)21/h10-12H,5-9,18-19H2,1-4H3,(H,20,21)/t10?,11?,12-,16?,17+/m0/s1. The van der Waals surface area contributed by atoms with Crippen molar-refractivity contribution in [2.75, 3.05) is 12.9 Å². The molecule has 0 radical (unpaired) electrons. The van der Waals surface area contributed by atoms with Crippen LogP contribution in [0.25, 0.3) is 0 Å². The predicted octanol–water partition coefficient (Wildman–Crippen LogP) is 1.18. The molecule has 0 aromatic carbocycles. The monoisotopic (exact) mass is 374 g/mol. The van der Waals surface area contributed by atoms with Gasteiger partial charge in [0.15, 0.2) is 11.3 Å². The molecule has 144 valence electrons. The maximum Gasteiger partial charge on any atom is 0.334 e. The molecule has 2 unspecified atom stereocenters. The molecule has 1 saturated carbocycles. The molecule has 0 saturated heterocycles. The lowest BCUT2D eigenvalue weighted by molar-refractivity contribution is -0.151. The van der Waals surface area contributed by atoms with E-state index >= 15 is 0 Å². The SMILES string of the molecule is COC(=O)[C@@](N)(CSC1(C)C(C)CCCC1C)C(=O)[C@@H](N)CC(=O)O. The highest BCUT2D eigenvalue weighted by atomic mass is 32.2. The number of ketones is 1. The third-order valence-electron chi connectivity index (χ3n) is 5.56. The van der Waals surface area contributed by atoms with E-state index in [1.165, 1.54) is 11.8 Å². The van der Waals surface area contributed by atoms with Crippen molar-refractivity contribution in [1.82, 2.24) is 0 Å². The van der Waals surface area contributed by atoms with Crippen LogP contribution in [0.3, 0.4) is 0 Å². The average Bonchev–Trinajstić information content (AvgIpc) is 2.55. The molecule has 5 N–H and O–H groups in total. The third-order valence-corrected chi connectivity index (χ3v) is 7.59. The van der Waals surface area contributed by atoms with E-state index in [-0.39, 0.29) is 10.5 Å². The van der Waals surface area contributed by atoms with E-state index in [9.17, 15) is 14.4 Å². The molecular weight excluding hydrogens is 344 g/mol. The third kappa shape index (κ3) is 4.74. The molecule has 25 heavy (non-hydrogen) atoms. The number of esters is 1. The Morgan fingerprint density at radius 3 is 2.28 bits per heavy atom. The maximum absolute atomic E-state index is 12.6. The van der Waals surface area contributed by atoms with Crippen LogP contribution in [-0.2, 0) is 19.1 Å². The fourth-order valence-corrected chi connectivity index (χ4v) is 4.97. The van der Waals surface area contributed by atoms with Crippen LogP contribution >= 0.6 is 11.8 Å². The normalized spacial score (nSPS) is 30.2. The van der Waals surface area contributed by atoms with Crippen LogP contribution in [0, 0.1) is 11.8 Å². The molecule has 0 aromatic rings. The smallest absolute Gasteiger partial charge is 0.334 e. The Morgan fingerprint density at radius 2 is 1.84 bits per heavy atom. The summed E-state index contributed by atoms with van der Waals surface area (Å²) in [7, 11) is 1.15. The summed E-state index contributed by atoms with van der Waals surface area (Å²) in [6.07, 6.45) is 2.74. The maximum atomic E-state index is 12.6. The van der Waals surface area contributed by atoms with Gasteiger partial charge in [-0.1, -0.05) is 20.3 Å². The first kappa shape index (κ1) is 21.9. The first-order valence-electron chi connectivity index (χ1n) is 8.52. The molecule has 7 nitrogen and oxygen atoms in total. The lowest BCUT2D eigenvalue weighted by Gasteiger charge is -2.45. The van der Waals surface area contributed by atoms with E-state index < -0.39 is 35.7 Å². The van der Waals surface area contributed by atoms with Crippen LogP contribution in [0.5, 0.6) is 0 Å². The van der Waals surface area contributed by atoms with Gasteiger partial charge in [0.05, 0.1) is 19.6 Å². The number of rotatable bonds is 8. The second-order valence-electron chi connectivity index (χ2n) is 7.24. The summed E-state index contributed by atoms with van der Waals surface area (Å²) in [6, 6.07) is -1.35. The fraction of sp³-hybridized carbons (Fsp3) is 0.824. The number of carbonyl (C=O) groups excluding carboxylic acids is 2. The molecule has 1 rings (SSSR count). The molecule has 0 spiro atoms. The molecule has 1 fully saturated rings.